The molecule has 3 aliphatic rings. The van der Waals surface area contributed by atoms with Gasteiger partial charge >= 0.3 is 6.03 Å². The van der Waals surface area contributed by atoms with Gasteiger partial charge in [0.2, 0.25) is 0 Å². The lowest BCUT2D eigenvalue weighted by Crippen LogP contribution is -2.60. The molecule has 3 rings (SSSR count). The molecule has 0 radical (unpaired) electrons. The Bertz CT molecular complexity index is 303. The first kappa shape index (κ1) is 12.2. The molecule has 0 aromatic carbocycles. The number of fused-ring (bicyclic) bond motifs is 1. The number of carbonyl (C=O) groups excluding carboxylic acids is 1. The predicted molar refractivity (Wildman–Crippen MR) is 70.6 cm³/mol. The summed E-state index contributed by atoms with van der Waals surface area (Å²) in [6, 6.07) is 0.890. The fourth-order valence-electron chi connectivity index (χ4n) is 3.39. The van der Waals surface area contributed by atoms with E-state index in [0.717, 1.165) is 45.8 Å². The number of nitrogens with one attached hydrogen (secondary N) is 1. The van der Waals surface area contributed by atoms with Gasteiger partial charge in [0.1, 0.15) is 0 Å². The van der Waals surface area contributed by atoms with Gasteiger partial charge in [0, 0.05) is 51.9 Å². The summed E-state index contributed by atoms with van der Waals surface area (Å²) in [4.78, 5) is 19.1. The number of carbonyl (C=O) groups is 1. The molecule has 5 heteroatoms. The highest BCUT2D eigenvalue weighted by molar-refractivity contribution is 5.74. The van der Waals surface area contributed by atoms with Gasteiger partial charge in [-0.3, -0.25) is 4.90 Å². The first-order chi connectivity index (χ1) is 8.84. The predicted octanol–water partition coefficient (Wildman–Crippen LogP) is 0.182. The Labute approximate surface area is 109 Å². The van der Waals surface area contributed by atoms with Gasteiger partial charge < -0.3 is 15.1 Å². The van der Waals surface area contributed by atoms with Crippen LogP contribution in [0.15, 0.2) is 0 Å². The smallest absolute Gasteiger partial charge is 0.320 e. The van der Waals surface area contributed by atoms with Crippen molar-refractivity contribution in [1.82, 2.24) is 20.0 Å². The lowest BCUT2D eigenvalue weighted by molar-refractivity contribution is 0.0523. The van der Waals surface area contributed by atoms with E-state index in [1.54, 1.807) is 0 Å². The summed E-state index contributed by atoms with van der Waals surface area (Å²) in [5, 5.41) is 3.30. The van der Waals surface area contributed by atoms with Gasteiger partial charge in [0.25, 0.3) is 0 Å². The van der Waals surface area contributed by atoms with Crippen LogP contribution in [-0.2, 0) is 0 Å². The number of piperidine rings is 1. The van der Waals surface area contributed by atoms with Crippen LogP contribution in [0, 0.1) is 0 Å². The molecule has 0 spiro atoms. The molecule has 3 saturated heterocycles. The Morgan fingerprint density at radius 2 is 1.78 bits per heavy atom. The number of hydrogen-bond donors (Lipinski definition) is 1. The van der Waals surface area contributed by atoms with Gasteiger partial charge in [0.15, 0.2) is 0 Å². The maximum absolute atomic E-state index is 12.4. The Morgan fingerprint density at radius 1 is 0.944 bits per heavy atom. The van der Waals surface area contributed by atoms with Crippen LogP contribution in [-0.4, -0.2) is 79.1 Å². The fourth-order valence-corrected chi connectivity index (χ4v) is 3.39. The molecular formula is C13H24N4O. The van der Waals surface area contributed by atoms with Crippen molar-refractivity contribution in [2.75, 3.05) is 52.4 Å². The molecule has 3 heterocycles. The molecule has 102 valence electrons. The van der Waals surface area contributed by atoms with Crippen molar-refractivity contribution in [1.29, 1.82) is 0 Å². The summed E-state index contributed by atoms with van der Waals surface area (Å²) >= 11 is 0. The molecule has 18 heavy (non-hydrogen) atoms. The van der Waals surface area contributed by atoms with Crippen LogP contribution in [0.3, 0.4) is 0 Å². The molecule has 3 fully saturated rings. The number of amides is 2. The Morgan fingerprint density at radius 3 is 2.61 bits per heavy atom. The van der Waals surface area contributed by atoms with Gasteiger partial charge in [0.05, 0.1) is 0 Å². The number of hydrogen-bond acceptors (Lipinski definition) is 3. The number of rotatable bonds is 0. The zero-order valence-corrected chi connectivity index (χ0v) is 11.1. The minimum Gasteiger partial charge on any atom is -0.322 e. The van der Waals surface area contributed by atoms with Crippen LogP contribution in [0.1, 0.15) is 19.3 Å². The van der Waals surface area contributed by atoms with E-state index in [4.69, 9.17) is 0 Å². The van der Waals surface area contributed by atoms with Crippen molar-refractivity contribution in [3.05, 3.63) is 0 Å². The van der Waals surface area contributed by atoms with Crippen LogP contribution in [0.25, 0.3) is 0 Å². The van der Waals surface area contributed by atoms with Gasteiger partial charge in [-0.05, 0) is 19.4 Å². The van der Waals surface area contributed by atoms with E-state index in [1.165, 1.54) is 25.8 Å². The Balaban J connectivity index is 1.57. The highest BCUT2D eigenvalue weighted by Gasteiger charge is 2.32. The molecule has 1 atom stereocenters. The third-order valence-corrected chi connectivity index (χ3v) is 4.50. The van der Waals surface area contributed by atoms with Crippen molar-refractivity contribution in [3.8, 4) is 0 Å². The van der Waals surface area contributed by atoms with Crippen LogP contribution in [0.2, 0.25) is 0 Å². The standard InChI is InChI=1S/C13H24N4O/c18-13(16-7-4-14-5-8-16)17-10-9-15-6-2-1-3-12(15)11-17/h12,14H,1-11H2. The summed E-state index contributed by atoms with van der Waals surface area (Å²) in [6.07, 6.45) is 3.93. The van der Waals surface area contributed by atoms with Gasteiger partial charge in [-0.1, -0.05) is 6.42 Å². The van der Waals surface area contributed by atoms with Crippen molar-refractivity contribution in [2.24, 2.45) is 0 Å². The molecule has 5 nitrogen and oxygen atoms in total. The number of nitrogens with zero attached hydrogens (tertiary/aromatic N) is 3. The summed E-state index contributed by atoms with van der Waals surface area (Å²) in [7, 11) is 0. The third-order valence-electron chi connectivity index (χ3n) is 4.50. The third kappa shape index (κ3) is 2.47. The van der Waals surface area contributed by atoms with Crippen LogP contribution in [0.5, 0.6) is 0 Å². The van der Waals surface area contributed by atoms with Gasteiger partial charge in [-0.15, -0.1) is 0 Å². The minimum absolute atomic E-state index is 0.265. The van der Waals surface area contributed by atoms with Crippen LogP contribution in [0.4, 0.5) is 4.79 Å². The highest BCUT2D eigenvalue weighted by atomic mass is 16.2. The fraction of sp³-hybridized carbons (Fsp3) is 0.923. The Kier molecular flexibility index (Phi) is 3.70. The molecule has 0 aromatic rings. The monoisotopic (exact) mass is 252 g/mol. The number of piperazine rings is 2. The molecule has 1 N–H and O–H groups in total. The van der Waals surface area contributed by atoms with Crippen molar-refractivity contribution in [3.63, 3.8) is 0 Å². The lowest BCUT2D eigenvalue weighted by Gasteiger charge is -2.45. The van der Waals surface area contributed by atoms with Crippen molar-refractivity contribution >= 4 is 6.03 Å². The van der Waals surface area contributed by atoms with E-state index in [-0.39, 0.29) is 6.03 Å². The van der Waals surface area contributed by atoms with Crippen molar-refractivity contribution in [2.45, 2.75) is 25.3 Å². The van der Waals surface area contributed by atoms with Crippen molar-refractivity contribution < 1.29 is 4.79 Å². The quantitative estimate of drug-likeness (QED) is 0.668. The second kappa shape index (κ2) is 5.45. The second-order valence-electron chi connectivity index (χ2n) is 5.65. The molecule has 1 unspecified atom stereocenters. The van der Waals surface area contributed by atoms with Gasteiger partial charge in [-0.2, -0.15) is 0 Å². The molecule has 0 aliphatic carbocycles. The summed E-state index contributed by atoms with van der Waals surface area (Å²) in [6.45, 7) is 7.78. The van der Waals surface area contributed by atoms with E-state index >= 15 is 0 Å². The summed E-state index contributed by atoms with van der Waals surface area (Å²) in [5.41, 5.74) is 0. The first-order valence-electron chi connectivity index (χ1n) is 7.33. The van der Waals surface area contributed by atoms with Crippen LogP contribution >= 0.6 is 0 Å². The van der Waals surface area contributed by atoms with E-state index in [0.29, 0.717) is 6.04 Å². The maximum Gasteiger partial charge on any atom is 0.320 e. The van der Waals surface area contributed by atoms with Gasteiger partial charge in [-0.25, -0.2) is 4.79 Å². The van der Waals surface area contributed by atoms with E-state index in [9.17, 15) is 4.79 Å². The zero-order chi connectivity index (χ0) is 12.4. The molecular weight excluding hydrogens is 228 g/mol. The second-order valence-corrected chi connectivity index (χ2v) is 5.65. The lowest BCUT2D eigenvalue weighted by atomic mass is 10.00. The van der Waals surface area contributed by atoms with E-state index < -0.39 is 0 Å². The SMILES string of the molecule is O=C(N1CCNCC1)N1CCN2CCCCC2C1. The average molecular weight is 252 g/mol. The van der Waals surface area contributed by atoms with Crippen LogP contribution < -0.4 is 5.32 Å². The van der Waals surface area contributed by atoms with E-state index in [1.807, 2.05) is 4.90 Å². The molecule has 0 aromatic heterocycles. The molecule has 3 aliphatic heterocycles. The molecule has 2 amide bonds. The Hall–Kier alpha value is -0.810. The minimum atomic E-state index is 0.265. The number of urea groups is 1. The van der Waals surface area contributed by atoms with E-state index in [2.05, 4.69) is 15.1 Å². The normalized spacial score (nSPS) is 30.1. The topological polar surface area (TPSA) is 38.8 Å². The molecule has 0 bridgehead atoms. The highest BCUT2D eigenvalue weighted by Crippen LogP contribution is 2.21. The first-order valence-corrected chi connectivity index (χ1v) is 7.33. The zero-order valence-electron chi connectivity index (χ0n) is 11.1. The largest absolute Gasteiger partial charge is 0.322 e. The maximum atomic E-state index is 12.4. The molecule has 0 saturated carbocycles. The summed E-state index contributed by atoms with van der Waals surface area (Å²) in [5.74, 6) is 0. The average Bonchev–Trinajstić information content (AvgIpc) is 2.47. The summed E-state index contributed by atoms with van der Waals surface area (Å²) < 4.78 is 0.